The van der Waals surface area contributed by atoms with Crippen molar-refractivity contribution in [3.63, 3.8) is 0 Å². The van der Waals surface area contributed by atoms with E-state index < -0.39 is 0 Å². The van der Waals surface area contributed by atoms with Crippen molar-refractivity contribution in [2.45, 2.75) is 25.2 Å². The van der Waals surface area contributed by atoms with E-state index in [9.17, 15) is 9.18 Å². The number of carbonyl (C=O) groups is 1. The van der Waals surface area contributed by atoms with Gasteiger partial charge in [0, 0.05) is 49.7 Å². The lowest BCUT2D eigenvalue weighted by Gasteiger charge is -2.34. The molecule has 1 saturated heterocycles. The molecule has 0 aliphatic carbocycles. The molecule has 0 saturated carbocycles. The van der Waals surface area contributed by atoms with Gasteiger partial charge in [0.2, 0.25) is 5.91 Å². The van der Waals surface area contributed by atoms with Crippen LogP contribution in [0.1, 0.15) is 18.1 Å². The Balaban J connectivity index is 1.54. The lowest BCUT2D eigenvalue weighted by atomic mass is 10.1. The molecule has 1 fully saturated rings. The van der Waals surface area contributed by atoms with E-state index in [2.05, 4.69) is 21.8 Å². The topological polar surface area (TPSA) is 49.3 Å². The second kappa shape index (κ2) is 8.40. The fourth-order valence-electron chi connectivity index (χ4n) is 2.78. The Bertz CT molecular complexity index is 725. The number of hydrogen-bond acceptors (Lipinski definition) is 5. The van der Waals surface area contributed by atoms with Crippen LogP contribution in [-0.4, -0.2) is 51.1 Å². The molecule has 0 radical (unpaired) electrons. The number of hydrogen-bond donors (Lipinski definition) is 0. The van der Waals surface area contributed by atoms with Gasteiger partial charge in [-0.2, -0.15) is 0 Å². The summed E-state index contributed by atoms with van der Waals surface area (Å²) in [7, 11) is 0. The van der Waals surface area contributed by atoms with Crippen molar-refractivity contribution in [2.75, 3.05) is 25.4 Å². The normalized spacial score (nSPS) is 15.6. The molecule has 0 N–H and O–H groups in total. The Labute approximate surface area is 151 Å². The zero-order valence-corrected chi connectivity index (χ0v) is 15.0. The molecule has 5 nitrogen and oxygen atoms in total. The Morgan fingerprint density at radius 3 is 2.60 bits per heavy atom. The third-order valence-electron chi connectivity index (χ3n) is 4.08. The number of aromatic nitrogens is 2. The molecule has 0 atom stereocenters. The summed E-state index contributed by atoms with van der Waals surface area (Å²) >= 11 is 1.61. The van der Waals surface area contributed by atoms with Crippen molar-refractivity contribution in [3.8, 4) is 0 Å². The quantitative estimate of drug-likeness (QED) is 0.585. The molecule has 7 heteroatoms. The number of amides is 1. The van der Waals surface area contributed by atoms with Gasteiger partial charge in [0.25, 0.3) is 0 Å². The first-order chi connectivity index (χ1) is 12.2. The van der Waals surface area contributed by atoms with Gasteiger partial charge in [-0.25, -0.2) is 14.4 Å². The molecule has 0 bridgehead atoms. The number of thioether (sulfide) groups is 1. The predicted octanol–water partition coefficient (Wildman–Crippen LogP) is 2.57. The highest BCUT2D eigenvalue weighted by Gasteiger charge is 2.24. The maximum Gasteiger partial charge on any atom is 0.237 e. The van der Waals surface area contributed by atoms with Crippen LogP contribution in [0.4, 0.5) is 4.39 Å². The molecule has 1 aromatic carbocycles. The van der Waals surface area contributed by atoms with Crippen molar-refractivity contribution in [1.82, 2.24) is 19.8 Å². The van der Waals surface area contributed by atoms with Crippen LogP contribution < -0.4 is 0 Å². The first-order valence-corrected chi connectivity index (χ1v) is 9.31. The maximum absolute atomic E-state index is 13.8. The Morgan fingerprint density at radius 1 is 1.16 bits per heavy atom. The van der Waals surface area contributed by atoms with Gasteiger partial charge < -0.3 is 4.90 Å². The van der Waals surface area contributed by atoms with E-state index in [1.165, 1.54) is 6.07 Å². The van der Waals surface area contributed by atoms with Gasteiger partial charge in [-0.3, -0.25) is 9.69 Å². The van der Waals surface area contributed by atoms with Crippen LogP contribution in [-0.2, 0) is 17.9 Å². The predicted molar refractivity (Wildman–Crippen MR) is 95.5 cm³/mol. The molecule has 0 spiro atoms. The van der Waals surface area contributed by atoms with Gasteiger partial charge in [0.15, 0.2) is 5.16 Å². The zero-order chi connectivity index (χ0) is 17.6. The molecule has 0 unspecified atom stereocenters. The molecule has 1 aliphatic heterocycles. The Kier molecular flexibility index (Phi) is 5.99. The first kappa shape index (κ1) is 17.8. The minimum absolute atomic E-state index is 0.0218. The SMILES string of the molecule is CCSc1ncc(CN2CCN(Cc3ccccc3F)C(=O)C2)cn1. The first-order valence-electron chi connectivity index (χ1n) is 8.33. The third kappa shape index (κ3) is 4.76. The summed E-state index contributed by atoms with van der Waals surface area (Å²) in [4.78, 5) is 24.8. The average molecular weight is 360 g/mol. The highest BCUT2D eigenvalue weighted by atomic mass is 32.2. The Hall–Kier alpha value is -1.99. The number of piperazine rings is 1. The van der Waals surface area contributed by atoms with E-state index in [4.69, 9.17) is 0 Å². The van der Waals surface area contributed by atoms with E-state index in [0.29, 0.717) is 31.7 Å². The van der Waals surface area contributed by atoms with Crippen LogP contribution in [0.2, 0.25) is 0 Å². The van der Waals surface area contributed by atoms with Crippen molar-refractivity contribution < 1.29 is 9.18 Å². The van der Waals surface area contributed by atoms with Crippen LogP contribution in [0.25, 0.3) is 0 Å². The summed E-state index contributed by atoms with van der Waals surface area (Å²) in [6.07, 6.45) is 3.64. The molecule has 2 aromatic rings. The molecule has 1 amide bonds. The molecule has 25 heavy (non-hydrogen) atoms. The minimum atomic E-state index is -0.264. The summed E-state index contributed by atoms with van der Waals surface area (Å²) in [5.41, 5.74) is 1.55. The van der Waals surface area contributed by atoms with Crippen LogP contribution in [0.3, 0.4) is 0 Å². The van der Waals surface area contributed by atoms with Gasteiger partial charge in [-0.1, -0.05) is 36.9 Å². The van der Waals surface area contributed by atoms with Crippen LogP contribution >= 0.6 is 11.8 Å². The zero-order valence-electron chi connectivity index (χ0n) is 14.2. The highest BCUT2D eigenvalue weighted by Crippen LogP contribution is 2.15. The molecule has 1 aliphatic rings. The van der Waals surface area contributed by atoms with Gasteiger partial charge in [0.1, 0.15) is 5.82 Å². The third-order valence-corrected chi connectivity index (χ3v) is 4.84. The fourth-order valence-corrected chi connectivity index (χ4v) is 3.29. The second-order valence-electron chi connectivity index (χ2n) is 5.92. The molecule has 1 aromatic heterocycles. The molecule has 3 rings (SSSR count). The van der Waals surface area contributed by atoms with Crippen molar-refractivity contribution in [1.29, 1.82) is 0 Å². The second-order valence-corrected chi connectivity index (χ2v) is 7.16. The number of rotatable bonds is 6. The van der Waals surface area contributed by atoms with E-state index in [1.54, 1.807) is 34.9 Å². The molecular weight excluding hydrogens is 339 g/mol. The van der Waals surface area contributed by atoms with Crippen molar-refractivity contribution >= 4 is 17.7 Å². The summed E-state index contributed by atoms with van der Waals surface area (Å²) in [6, 6.07) is 6.60. The number of nitrogens with zero attached hydrogens (tertiary/aromatic N) is 4. The highest BCUT2D eigenvalue weighted by molar-refractivity contribution is 7.99. The van der Waals surface area contributed by atoms with Gasteiger partial charge >= 0.3 is 0 Å². The number of carbonyl (C=O) groups excluding carboxylic acids is 1. The monoisotopic (exact) mass is 360 g/mol. The summed E-state index contributed by atoms with van der Waals surface area (Å²) in [5.74, 6) is 0.700. The minimum Gasteiger partial charge on any atom is -0.336 e. The van der Waals surface area contributed by atoms with Gasteiger partial charge in [0.05, 0.1) is 6.54 Å². The largest absolute Gasteiger partial charge is 0.336 e. The average Bonchev–Trinajstić information content (AvgIpc) is 2.61. The van der Waals surface area contributed by atoms with E-state index >= 15 is 0 Å². The smallest absolute Gasteiger partial charge is 0.237 e. The number of halogens is 1. The molecule has 132 valence electrons. The fraction of sp³-hybridized carbons (Fsp3) is 0.389. The Morgan fingerprint density at radius 2 is 1.92 bits per heavy atom. The number of benzene rings is 1. The summed E-state index contributed by atoms with van der Waals surface area (Å²) in [6.45, 7) is 4.72. The van der Waals surface area contributed by atoms with E-state index in [-0.39, 0.29) is 11.7 Å². The van der Waals surface area contributed by atoms with Gasteiger partial charge in [-0.15, -0.1) is 0 Å². The van der Waals surface area contributed by atoms with Crippen molar-refractivity contribution in [2.24, 2.45) is 0 Å². The van der Waals surface area contributed by atoms with Crippen LogP contribution in [0.5, 0.6) is 0 Å². The van der Waals surface area contributed by atoms with E-state index in [0.717, 1.165) is 23.0 Å². The maximum atomic E-state index is 13.8. The van der Waals surface area contributed by atoms with Crippen molar-refractivity contribution in [3.05, 3.63) is 53.6 Å². The summed E-state index contributed by atoms with van der Waals surface area (Å²) in [5, 5.41) is 0.775. The van der Waals surface area contributed by atoms with Crippen LogP contribution in [0, 0.1) is 5.82 Å². The van der Waals surface area contributed by atoms with Gasteiger partial charge in [-0.05, 0) is 11.8 Å². The molecule has 2 heterocycles. The lowest BCUT2D eigenvalue weighted by Crippen LogP contribution is -2.49. The van der Waals surface area contributed by atoms with Crippen LogP contribution in [0.15, 0.2) is 41.8 Å². The molecular formula is C18H21FN4OS. The lowest BCUT2D eigenvalue weighted by molar-refractivity contribution is -0.136. The summed E-state index contributed by atoms with van der Waals surface area (Å²) < 4.78 is 13.8. The standard InChI is InChI=1S/C18H21FN4OS/c1-2-25-18-20-9-14(10-21-18)11-22-7-8-23(17(24)13-22)12-15-5-3-4-6-16(15)19/h3-6,9-10H,2,7-8,11-13H2,1H3. The van der Waals surface area contributed by atoms with E-state index in [1.807, 2.05) is 12.4 Å².